The van der Waals surface area contributed by atoms with Gasteiger partial charge in [0.15, 0.2) is 6.10 Å². The molecule has 0 radical (unpaired) electrons. The molecule has 0 aliphatic carbocycles. The first kappa shape index (κ1) is 18.9. The molecular formula is C23H18N2O3. The summed E-state index contributed by atoms with van der Waals surface area (Å²) in [7, 11) is 0. The SMILES string of the molecule is C[C@H](OC(=O)/C=C/c1ccc(C#N)cc1)C(=O)Nc1cccc2ccccc12. The lowest BCUT2D eigenvalue weighted by atomic mass is 10.1. The Morgan fingerprint density at radius 3 is 2.50 bits per heavy atom. The summed E-state index contributed by atoms with van der Waals surface area (Å²) in [4.78, 5) is 24.4. The molecule has 0 aromatic heterocycles. The largest absolute Gasteiger partial charge is 0.449 e. The van der Waals surface area contributed by atoms with E-state index in [4.69, 9.17) is 10.00 Å². The first-order valence-electron chi connectivity index (χ1n) is 8.74. The zero-order chi connectivity index (χ0) is 19.9. The van der Waals surface area contributed by atoms with Crippen LogP contribution in [-0.2, 0) is 14.3 Å². The predicted molar refractivity (Wildman–Crippen MR) is 108 cm³/mol. The number of carbonyl (C=O) groups is 2. The summed E-state index contributed by atoms with van der Waals surface area (Å²) < 4.78 is 5.17. The number of nitriles is 1. The Morgan fingerprint density at radius 2 is 1.75 bits per heavy atom. The van der Waals surface area contributed by atoms with Crippen LogP contribution >= 0.6 is 0 Å². The van der Waals surface area contributed by atoms with Crippen LogP contribution in [0.2, 0.25) is 0 Å². The lowest BCUT2D eigenvalue weighted by Gasteiger charge is -2.13. The highest BCUT2D eigenvalue weighted by Crippen LogP contribution is 2.23. The maximum atomic E-state index is 12.4. The van der Waals surface area contributed by atoms with Crippen molar-refractivity contribution in [1.82, 2.24) is 0 Å². The molecular weight excluding hydrogens is 352 g/mol. The zero-order valence-electron chi connectivity index (χ0n) is 15.3. The van der Waals surface area contributed by atoms with Gasteiger partial charge in [-0.2, -0.15) is 5.26 Å². The van der Waals surface area contributed by atoms with E-state index in [2.05, 4.69) is 5.32 Å². The highest BCUT2D eigenvalue weighted by molar-refractivity contribution is 6.04. The van der Waals surface area contributed by atoms with Crippen molar-refractivity contribution in [3.8, 4) is 6.07 Å². The van der Waals surface area contributed by atoms with Crippen LogP contribution in [0.4, 0.5) is 5.69 Å². The summed E-state index contributed by atoms with van der Waals surface area (Å²) >= 11 is 0. The number of rotatable bonds is 5. The van der Waals surface area contributed by atoms with Crippen molar-refractivity contribution in [1.29, 1.82) is 5.26 Å². The Labute approximate surface area is 162 Å². The lowest BCUT2D eigenvalue weighted by Crippen LogP contribution is -2.29. The minimum absolute atomic E-state index is 0.406. The molecule has 5 nitrogen and oxygen atoms in total. The van der Waals surface area contributed by atoms with Gasteiger partial charge in [-0.1, -0.05) is 48.5 Å². The van der Waals surface area contributed by atoms with Crippen molar-refractivity contribution >= 4 is 34.4 Å². The molecule has 138 valence electrons. The third-order valence-corrected chi connectivity index (χ3v) is 4.16. The molecule has 0 fully saturated rings. The maximum Gasteiger partial charge on any atom is 0.331 e. The Bertz CT molecular complexity index is 1070. The van der Waals surface area contributed by atoms with Gasteiger partial charge in [0.2, 0.25) is 0 Å². The monoisotopic (exact) mass is 370 g/mol. The van der Waals surface area contributed by atoms with E-state index in [0.717, 1.165) is 16.3 Å². The third kappa shape index (κ3) is 4.63. The topological polar surface area (TPSA) is 79.2 Å². The number of fused-ring (bicyclic) bond motifs is 1. The molecule has 3 aromatic rings. The van der Waals surface area contributed by atoms with Crippen LogP contribution in [0.3, 0.4) is 0 Å². The quantitative estimate of drug-likeness (QED) is 0.537. The number of ether oxygens (including phenoxy) is 1. The van der Waals surface area contributed by atoms with Gasteiger partial charge in [0.25, 0.3) is 5.91 Å². The molecule has 1 atom stereocenters. The van der Waals surface area contributed by atoms with Crippen LogP contribution < -0.4 is 5.32 Å². The van der Waals surface area contributed by atoms with Gasteiger partial charge < -0.3 is 10.1 Å². The van der Waals surface area contributed by atoms with Crippen molar-refractivity contribution in [3.63, 3.8) is 0 Å². The maximum absolute atomic E-state index is 12.4. The molecule has 0 aliphatic heterocycles. The van der Waals surface area contributed by atoms with Crippen LogP contribution in [0.1, 0.15) is 18.1 Å². The summed E-state index contributed by atoms with van der Waals surface area (Å²) in [5.41, 5.74) is 1.96. The fraction of sp³-hybridized carbons (Fsp3) is 0.0870. The molecule has 28 heavy (non-hydrogen) atoms. The van der Waals surface area contributed by atoms with E-state index < -0.39 is 18.0 Å². The molecule has 0 saturated carbocycles. The molecule has 0 unspecified atom stereocenters. The van der Waals surface area contributed by atoms with Crippen molar-refractivity contribution in [2.45, 2.75) is 13.0 Å². The van der Waals surface area contributed by atoms with Crippen molar-refractivity contribution in [2.75, 3.05) is 5.32 Å². The van der Waals surface area contributed by atoms with Crippen molar-refractivity contribution in [2.24, 2.45) is 0 Å². The summed E-state index contributed by atoms with van der Waals surface area (Å²) in [5.74, 6) is -1.03. The molecule has 1 N–H and O–H groups in total. The van der Waals surface area contributed by atoms with Gasteiger partial charge in [0.05, 0.1) is 11.6 Å². The Morgan fingerprint density at radius 1 is 1.04 bits per heavy atom. The molecule has 0 bridgehead atoms. The molecule has 0 saturated heterocycles. The smallest absolute Gasteiger partial charge is 0.331 e. The Hall–Kier alpha value is -3.91. The first-order chi connectivity index (χ1) is 13.6. The van der Waals surface area contributed by atoms with Crippen molar-refractivity contribution < 1.29 is 14.3 Å². The number of anilines is 1. The average molecular weight is 370 g/mol. The average Bonchev–Trinajstić information content (AvgIpc) is 2.73. The number of nitrogens with one attached hydrogen (secondary N) is 1. The number of benzene rings is 3. The van der Waals surface area contributed by atoms with Gasteiger partial charge in [-0.25, -0.2) is 4.79 Å². The summed E-state index contributed by atoms with van der Waals surface area (Å²) in [6.45, 7) is 1.52. The fourth-order valence-corrected chi connectivity index (χ4v) is 2.67. The third-order valence-electron chi connectivity index (χ3n) is 4.16. The van der Waals surface area contributed by atoms with E-state index in [1.165, 1.54) is 13.0 Å². The van der Waals surface area contributed by atoms with Crippen LogP contribution in [0.5, 0.6) is 0 Å². The normalized spacial score (nSPS) is 11.7. The Balaban J connectivity index is 1.61. The second kappa shape index (κ2) is 8.65. The number of nitrogens with zero attached hydrogens (tertiary/aromatic N) is 1. The standard InChI is InChI=1S/C23H18N2O3/c1-16(28-22(26)14-13-17-9-11-18(15-24)12-10-17)23(27)25-21-8-4-6-19-5-2-3-7-20(19)21/h2-14,16H,1H3,(H,25,27)/b14-13+/t16-/m0/s1. The van der Waals surface area contributed by atoms with E-state index in [1.54, 1.807) is 36.4 Å². The summed E-state index contributed by atoms with van der Waals surface area (Å²) in [6.07, 6.45) is 1.87. The molecule has 0 aliphatic rings. The molecule has 5 heteroatoms. The van der Waals surface area contributed by atoms with Crippen LogP contribution in [0.15, 0.2) is 72.8 Å². The van der Waals surface area contributed by atoms with Crippen LogP contribution in [0, 0.1) is 11.3 Å². The van der Waals surface area contributed by atoms with Gasteiger partial charge in [-0.3, -0.25) is 4.79 Å². The number of esters is 1. The van der Waals surface area contributed by atoms with Crippen LogP contribution in [-0.4, -0.2) is 18.0 Å². The van der Waals surface area contributed by atoms with Crippen LogP contribution in [0.25, 0.3) is 16.8 Å². The minimum Gasteiger partial charge on any atom is -0.449 e. The highest BCUT2D eigenvalue weighted by Gasteiger charge is 2.17. The summed E-state index contributed by atoms with van der Waals surface area (Å²) in [5, 5.41) is 13.5. The van der Waals surface area contributed by atoms with Gasteiger partial charge in [-0.05, 0) is 42.1 Å². The van der Waals surface area contributed by atoms with Gasteiger partial charge in [-0.15, -0.1) is 0 Å². The molecule has 1 amide bonds. The number of carbonyl (C=O) groups excluding carboxylic acids is 2. The van der Waals surface area contributed by atoms with Gasteiger partial charge in [0, 0.05) is 17.1 Å². The molecule has 3 aromatic carbocycles. The van der Waals surface area contributed by atoms with E-state index in [0.29, 0.717) is 11.3 Å². The predicted octanol–water partition coefficient (Wildman–Crippen LogP) is 4.30. The van der Waals surface area contributed by atoms with Gasteiger partial charge >= 0.3 is 5.97 Å². The fourth-order valence-electron chi connectivity index (χ4n) is 2.67. The summed E-state index contributed by atoms with van der Waals surface area (Å²) in [6, 6.07) is 22.1. The second-order valence-electron chi connectivity index (χ2n) is 6.16. The van der Waals surface area contributed by atoms with Gasteiger partial charge in [0.1, 0.15) is 0 Å². The number of hydrogen-bond acceptors (Lipinski definition) is 4. The molecule has 0 spiro atoms. The van der Waals surface area contributed by atoms with E-state index in [1.807, 2.05) is 42.5 Å². The van der Waals surface area contributed by atoms with E-state index in [9.17, 15) is 9.59 Å². The van der Waals surface area contributed by atoms with E-state index >= 15 is 0 Å². The Kier molecular flexibility index (Phi) is 5.83. The number of hydrogen-bond donors (Lipinski definition) is 1. The minimum atomic E-state index is -0.947. The van der Waals surface area contributed by atoms with Crippen molar-refractivity contribution in [3.05, 3.63) is 83.9 Å². The zero-order valence-corrected chi connectivity index (χ0v) is 15.3. The molecule has 3 rings (SSSR count). The highest BCUT2D eigenvalue weighted by atomic mass is 16.5. The lowest BCUT2D eigenvalue weighted by molar-refractivity contribution is -0.148. The number of amides is 1. The first-order valence-corrected chi connectivity index (χ1v) is 8.74. The van der Waals surface area contributed by atoms with E-state index in [-0.39, 0.29) is 0 Å². The molecule has 0 heterocycles. The second-order valence-corrected chi connectivity index (χ2v) is 6.16.